The van der Waals surface area contributed by atoms with Crippen LogP contribution in [0.4, 0.5) is 0 Å². The Morgan fingerprint density at radius 3 is 2.81 bits per heavy atom. The maximum absolute atomic E-state index is 9.86. The van der Waals surface area contributed by atoms with Crippen molar-refractivity contribution in [1.82, 2.24) is 4.90 Å². The second kappa shape index (κ2) is 6.51. The highest BCUT2D eigenvalue weighted by Crippen LogP contribution is 2.22. The molecule has 0 aliphatic carbocycles. The van der Waals surface area contributed by atoms with Crippen molar-refractivity contribution in [3.63, 3.8) is 0 Å². The number of hydrogen-bond donors (Lipinski definition) is 1. The lowest BCUT2D eigenvalue weighted by Crippen LogP contribution is -2.22. The number of nitrogens with zero attached hydrogens (tertiary/aromatic N) is 1. The van der Waals surface area contributed by atoms with Gasteiger partial charge in [-0.3, -0.25) is 4.90 Å². The number of rotatable bonds is 6. The molecule has 16 heavy (non-hydrogen) atoms. The van der Waals surface area contributed by atoms with E-state index in [1.807, 2.05) is 39.1 Å². The third-order valence-corrected chi connectivity index (χ3v) is 2.58. The maximum Gasteiger partial charge on any atom is 0.122 e. The third-order valence-electron chi connectivity index (χ3n) is 2.58. The van der Waals surface area contributed by atoms with Crippen molar-refractivity contribution >= 4 is 0 Å². The first kappa shape index (κ1) is 13.0. The van der Waals surface area contributed by atoms with E-state index in [0.717, 1.165) is 37.4 Å². The molecule has 90 valence electrons. The minimum atomic E-state index is 0.408. The minimum Gasteiger partial charge on any atom is -0.507 e. The minimum absolute atomic E-state index is 0.408. The zero-order chi connectivity index (χ0) is 12.0. The third kappa shape index (κ3) is 3.83. The summed E-state index contributed by atoms with van der Waals surface area (Å²) in [6.07, 6.45) is 0. The number of phenolic OH excluding ortho intramolecular Hbond substituents is 1. The number of benzene rings is 1. The number of para-hydroxylation sites is 1. The van der Waals surface area contributed by atoms with Gasteiger partial charge in [0, 0.05) is 25.3 Å². The molecule has 1 aromatic rings. The van der Waals surface area contributed by atoms with Gasteiger partial charge in [0.25, 0.3) is 0 Å². The predicted octanol–water partition coefficient (Wildman–Crippen LogP) is 2.17. The number of aryl methyl sites for hydroxylation is 1. The van der Waals surface area contributed by atoms with E-state index >= 15 is 0 Å². The van der Waals surface area contributed by atoms with Crippen molar-refractivity contribution in [3.05, 3.63) is 29.3 Å². The number of likely N-dealkylation sites (N-methyl/N-ethyl adjacent to an activating group) is 1. The van der Waals surface area contributed by atoms with Crippen LogP contribution in [0.15, 0.2) is 18.2 Å². The molecule has 0 saturated carbocycles. The molecular formula is C13H21NO2. The molecule has 0 aliphatic rings. The summed E-state index contributed by atoms with van der Waals surface area (Å²) in [7, 11) is 2.03. The van der Waals surface area contributed by atoms with Crippen molar-refractivity contribution in [1.29, 1.82) is 0 Å². The number of phenols is 1. The Labute approximate surface area is 97.7 Å². The van der Waals surface area contributed by atoms with E-state index in [-0.39, 0.29) is 0 Å². The predicted molar refractivity (Wildman–Crippen MR) is 65.7 cm³/mol. The van der Waals surface area contributed by atoms with Crippen LogP contribution in [0.25, 0.3) is 0 Å². The number of aromatic hydroxyl groups is 1. The SMILES string of the molecule is CCOCCN(C)Cc1cccc(C)c1O. The summed E-state index contributed by atoms with van der Waals surface area (Å²) >= 11 is 0. The van der Waals surface area contributed by atoms with Crippen LogP contribution >= 0.6 is 0 Å². The summed E-state index contributed by atoms with van der Waals surface area (Å²) in [5.74, 6) is 0.408. The Hall–Kier alpha value is -1.06. The molecule has 0 spiro atoms. The summed E-state index contributed by atoms with van der Waals surface area (Å²) in [5, 5.41) is 9.86. The quantitative estimate of drug-likeness (QED) is 0.750. The van der Waals surface area contributed by atoms with E-state index in [2.05, 4.69) is 4.90 Å². The molecule has 0 heterocycles. The highest BCUT2D eigenvalue weighted by atomic mass is 16.5. The lowest BCUT2D eigenvalue weighted by molar-refractivity contribution is 0.120. The molecule has 0 fully saturated rings. The lowest BCUT2D eigenvalue weighted by Gasteiger charge is -2.17. The molecule has 0 bridgehead atoms. The lowest BCUT2D eigenvalue weighted by atomic mass is 10.1. The van der Waals surface area contributed by atoms with Crippen molar-refractivity contribution in [3.8, 4) is 5.75 Å². The molecule has 1 rings (SSSR count). The standard InChI is InChI=1S/C13H21NO2/c1-4-16-9-8-14(3)10-12-7-5-6-11(2)13(12)15/h5-7,15H,4,8-10H2,1-3H3. The number of ether oxygens (including phenoxy) is 1. The van der Waals surface area contributed by atoms with Gasteiger partial charge in [-0.25, -0.2) is 0 Å². The van der Waals surface area contributed by atoms with Crippen LogP contribution in [0.5, 0.6) is 5.75 Å². The van der Waals surface area contributed by atoms with Crippen LogP contribution in [-0.4, -0.2) is 36.8 Å². The molecule has 0 saturated heterocycles. The van der Waals surface area contributed by atoms with Gasteiger partial charge in [0.1, 0.15) is 5.75 Å². The molecule has 0 unspecified atom stereocenters. The molecule has 0 radical (unpaired) electrons. The first-order chi connectivity index (χ1) is 7.65. The second-order valence-corrected chi connectivity index (χ2v) is 4.02. The molecule has 3 nitrogen and oxygen atoms in total. The highest BCUT2D eigenvalue weighted by molar-refractivity contribution is 5.39. The van der Waals surface area contributed by atoms with Gasteiger partial charge in [0.05, 0.1) is 6.61 Å². The van der Waals surface area contributed by atoms with E-state index in [1.165, 1.54) is 0 Å². The smallest absolute Gasteiger partial charge is 0.122 e. The molecule has 3 heteroatoms. The van der Waals surface area contributed by atoms with Crippen molar-refractivity contribution in [2.75, 3.05) is 26.8 Å². The average Bonchev–Trinajstić information content (AvgIpc) is 2.25. The first-order valence-corrected chi connectivity index (χ1v) is 5.69. The van der Waals surface area contributed by atoms with Crippen LogP contribution in [0.1, 0.15) is 18.1 Å². The topological polar surface area (TPSA) is 32.7 Å². The highest BCUT2D eigenvalue weighted by Gasteiger charge is 2.06. The molecule has 0 aromatic heterocycles. The summed E-state index contributed by atoms with van der Waals surface area (Å²) in [4.78, 5) is 2.14. The zero-order valence-corrected chi connectivity index (χ0v) is 10.4. The van der Waals surface area contributed by atoms with Crippen molar-refractivity contribution in [2.45, 2.75) is 20.4 Å². The van der Waals surface area contributed by atoms with Gasteiger partial charge in [-0.2, -0.15) is 0 Å². The Morgan fingerprint density at radius 1 is 1.38 bits per heavy atom. The Kier molecular flexibility index (Phi) is 5.29. The molecule has 0 atom stereocenters. The molecule has 1 aromatic carbocycles. The van der Waals surface area contributed by atoms with Crippen LogP contribution in [-0.2, 0) is 11.3 Å². The van der Waals surface area contributed by atoms with Gasteiger partial charge < -0.3 is 9.84 Å². The monoisotopic (exact) mass is 223 g/mol. The van der Waals surface area contributed by atoms with Gasteiger partial charge >= 0.3 is 0 Å². The zero-order valence-electron chi connectivity index (χ0n) is 10.4. The van der Waals surface area contributed by atoms with Crippen molar-refractivity contribution in [2.24, 2.45) is 0 Å². The number of hydrogen-bond acceptors (Lipinski definition) is 3. The van der Waals surface area contributed by atoms with E-state index < -0.39 is 0 Å². The fourth-order valence-corrected chi connectivity index (χ4v) is 1.58. The van der Waals surface area contributed by atoms with E-state index in [4.69, 9.17) is 4.74 Å². The summed E-state index contributed by atoms with van der Waals surface area (Å²) in [6, 6.07) is 5.85. The maximum atomic E-state index is 9.86. The van der Waals surface area contributed by atoms with E-state index in [1.54, 1.807) is 0 Å². The fraction of sp³-hybridized carbons (Fsp3) is 0.538. The fourth-order valence-electron chi connectivity index (χ4n) is 1.58. The first-order valence-electron chi connectivity index (χ1n) is 5.69. The van der Waals surface area contributed by atoms with E-state index in [0.29, 0.717) is 5.75 Å². The van der Waals surface area contributed by atoms with Gasteiger partial charge in [-0.1, -0.05) is 18.2 Å². The van der Waals surface area contributed by atoms with Crippen LogP contribution in [0.2, 0.25) is 0 Å². The summed E-state index contributed by atoms with van der Waals surface area (Å²) in [5.41, 5.74) is 1.90. The van der Waals surface area contributed by atoms with Gasteiger partial charge in [-0.15, -0.1) is 0 Å². The Balaban J connectivity index is 2.49. The molecule has 0 aliphatic heterocycles. The van der Waals surface area contributed by atoms with Crippen LogP contribution < -0.4 is 0 Å². The van der Waals surface area contributed by atoms with Gasteiger partial charge in [0.15, 0.2) is 0 Å². The van der Waals surface area contributed by atoms with Crippen LogP contribution in [0.3, 0.4) is 0 Å². The molecule has 0 amide bonds. The molecule has 1 N–H and O–H groups in total. The van der Waals surface area contributed by atoms with Crippen molar-refractivity contribution < 1.29 is 9.84 Å². The normalized spacial score (nSPS) is 11.0. The summed E-state index contributed by atoms with van der Waals surface area (Å²) in [6.45, 7) is 7.02. The second-order valence-electron chi connectivity index (χ2n) is 4.02. The average molecular weight is 223 g/mol. The van der Waals surface area contributed by atoms with Gasteiger partial charge in [0.2, 0.25) is 0 Å². The largest absolute Gasteiger partial charge is 0.507 e. The Bertz CT molecular complexity index is 326. The summed E-state index contributed by atoms with van der Waals surface area (Å²) < 4.78 is 5.29. The van der Waals surface area contributed by atoms with Crippen LogP contribution in [0, 0.1) is 6.92 Å². The van der Waals surface area contributed by atoms with Gasteiger partial charge in [-0.05, 0) is 26.5 Å². The Morgan fingerprint density at radius 2 is 2.12 bits per heavy atom. The molecular weight excluding hydrogens is 202 g/mol. The van der Waals surface area contributed by atoms with E-state index in [9.17, 15) is 5.11 Å².